The first kappa shape index (κ1) is 23.9. The number of hydrogen-bond acceptors (Lipinski definition) is 3. The Labute approximate surface area is 211 Å². The summed E-state index contributed by atoms with van der Waals surface area (Å²) < 4.78 is 7.48. The van der Waals surface area contributed by atoms with E-state index in [1.807, 2.05) is 30.3 Å². The molecule has 4 nitrogen and oxygen atoms in total. The third-order valence-electron chi connectivity index (χ3n) is 5.20. The van der Waals surface area contributed by atoms with E-state index >= 15 is 0 Å². The van der Waals surface area contributed by atoms with Gasteiger partial charge in [-0.1, -0.05) is 58.5 Å². The molecule has 3 aromatic carbocycles. The Bertz CT molecular complexity index is 1310. The van der Waals surface area contributed by atoms with Crippen molar-refractivity contribution in [2.45, 2.75) is 25.8 Å². The summed E-state index contributed by atoms with van der Waals surface area (Å²) >= 11 is 24.3. The van der Waals surface area contributed by atoms with Crippen molar-refractivity contribution in [2.24, 2.45) is 0 Å². The van der Waals surface area contributed by atoms with E-state index in [2.05, 4.69) is 0 Å². The molecule has 0 aliphatic rings. The molecular formula is C25H20Cl4N2O2. The van der Waals surface area contributed by atoms with Crippen LogP contribution >= 0.6 is 46.4 Å². The molecule has 4 rings (SSSR count). The van der Waals surface area contributed by atoms with Crippen LogP contribution in [0.15, 0.2) is 65.5 Å². The van der Waals surface area contributed by atoms with Gasteiger partial charge in [-0.2, -0.15) is 0 Å². The molecule has 0 saturated heterocycles. The highest BCUT2D eigenvalue weighted by atomic mass is 35.5. The van der Waals surface area contributed by atoms with Crippen LogP contribution < -0.4 is 10.3 Å². The van der Waals surface area contributed by atoms with Crippen LogP contribution in [0.1, 0.15) is 19.3 Å². The van der Waals surface area contributed by atoms with Crippen LogP contribution in [0, 0.1) is 0 Å². The summed E-state index contributed by atoms with van der Waals surface area (Å²) in [6.07, 6.45) is 2.41. The van der Waals surface area contributed by atoms with E-state index in [1.54, 1.807) is 34.9 Å². The van der Waals surface area contributed by atoms with Gasteiger partial charge in [0, 0.05) is 22.2 Å². The SMILES string of the molecule is O=c1c2ccccc2nc(-c2ccc(Cl)cc2)n1CCCCCOc1c(Cl)cc(Cl)cc1Cl. The fraction of sp³-hybridized carbons (Fsp3) is 0.200. The summed E-state index contributed by atoms with van der Waals surface area (Å²) in [5, 5.41) is 2.46. The van der Waals surface area contributed by atoms with E-state index in [1.165, 1.54) is 0 Å². The maximum absolute atomic E-state index is 13.2. The molecule has 0 spiro atoms. The fourth-order valence-corrected chi connectivity index (χ4v) is 4.64. The standard InChI is InChI=1S/C25H20Cl4N2O2/c26-17-10-8-16(9-11-17)24-30-22-7-3-2-6-19(22)25(32)31(24)12-4-1-5-13-33-23-20(28)14-18(27)15-21(23)29/h2-3,6-11,14-15H,1,4-5,12-13H2. The highest BCUT2D eigenvalue weighted by molar-refractivity contribution is 6.40. The molecule has 0 unspecified atom stereocenters. The lowest BCUT2D eigenvalue weighted by atomic mass is 10.1. The number of benzene rings is 3. The van der Waals surface area contributed by atoms with Crippen molar-refractivity contribution in [3.8, 4) is 17.1 Å². The molecule has 0 amide bonds. The molecule has 33 heavy (non-hydrogen) atoms. The molecule has 0 bridgehead atoms. The second kappa shape index (κ2) is 10.8. The number of fused-ring (bicyclic) bond motifs is 1. The average Bonchev–Trinajstić information content (AvgIpc) is 2.79. The number of aromatic nitrogens is 2. The quantitative estimate of drug-likeness (QED) is 0.221. The minimum atomic E-state index is -0.0541. The highest BCUT2D eigenvalue weighted by Crippen LogP contribution is 2.35. The Morgan fingerprint density at radius 3 is 2.24 bits per heavy atom. The van der Waals surface area contributed by atoms with E-state index in [4.69, 9.17) is 56.1 Å². The molecule has 4 aromatic rings. The maximum Gasteiger partial charge on any atom is 0.261 e. The number of unbranched alkanes of at least 4 members (excludes halogenated alkanes) is 2. The van der Waals surface area contributed by atoms with E-state index in [0.717, 1.165) is 24.8 Å². The van der Waals surface area contributed by atoms with Crippen LogP contribution in [0.25, 0.3) is 22.3 Å². The Balaban J connectivity index is 1.46. The molecular weight excluding hydrogens is 502 g/mol. The summed E-state index contributed by atoms with van der Waals surface area (Å²) in [4.78, 5) is 18.0. The second-order valence-electron chi connectivity index (χ2n) is 7.52. The maximum atomic E-state index is 13.2. The van der Waals surface area contributed by atoms with Crippen LogP contribution in [0.3, 0.4) is 0 Å². The van der Waals surface area contributed by atoms with Gasteiger partial charge in [0.05, 0.1) is 27.6 Å². The van der Waals surface area contributed by atoms with Gasteiger partial charge < -0.3 is 4.74 Å². The average molecular weight is 522 g/mol. The molecule has 1 heterocycles. The lowest BCUT2D eigenvalue weighted by Crippen LogP contribution is -2.23. The van der Waals surface area contributed by atoms with Gasteiger partial charge in [-0.15, -0.1) is 0 Å². The van der Waals surface area contributed by atoms with E-state index in [9.17, 15) is 4.79 Å². The predicted octanol–water partition coefficient (Wildman–Crippen LogP) is 7.93. The third-order valence-corrected chi connectivity index (χ3v) is 6.23. The van der Waals surface area contributed by atoms with Crippen molar-refractivity contribution in [3.63, 3.8) is 0 Å². The number of nitrogens with zero attached hydrogens (tertiary/aromatic N) is 2. The van der Waals surface area contributed by atoms with E-state index < -0.39 is 0 Å². The van der Waals surface area contributed by atoms with E-state index in [0.29, 0.717) is 55.7 Å². The van der Waals surface area contributed by atoms with Crippen LogP contribution in [-0.2, 0) is 6.54 Å². The van der Waals surface area contributed by atoms with E-state index in [-0.39, 0.29) is 5.56 Å². The molecule has 8 heteroatoms. The summed E-state index contributed by atoms with van der Waals surface area (Å²) in [6, 6.07) is 17.9. The van der Waals surface area contributed by atoms with Crippen LogP contribution in [0.5, 0.6) is 5.75 Å². The Morgan fingerprint density at radius 2 is 1.52 bits per heavy atom. The predicted molar refractivity (Wildman–Crippen MR) is 137 cm³/mol. The number of hydrogen-bond donors (Lipinski definition) is 0. The number of halogens is 4. The van der Waals surface area contributed by atoms with Crippen LogP contribution in [0.2, 0.25) is 20.1 Å². The summed E-state index contributed by atoms with van der Waals surface area (Å²) in [5.74, 6) is 1.06. The molecule has 0 atom stereocenters. The second-order valence-corrected chi connectivity index (χ2v) is 9.21. The number of ether oxygens (including phenoxy) is 1. The number of para-hydroxylation sites is 1. The monoisotopic (exact) mass is 520 g/mol. The van der Waals surface area contributed by atoms with Crippen molar-refractivity contribution >= 4 is 57.3 Å². The molecule has 0 aliphatic carbocycles. The minimum Gasteiger partial charge on any atom is -0.490 e. The zero-order valence-corrected chi connectivity index (χ0v) is 20.6. The molecule has 0 fully saturated rings. The molecule has 0 saturated carbocycles. The largest absolute Gasteiger partial charge is 0.490 e. The van der Waals surface area contributed by atoms with Gasteiger partial charge in [0.15, 0.2) is 5.75 Å². The smallest absolute Gasteiger partial charge is 0.261 e. The molecule has 0 N–H and O–H groups in total. The molecule has 0 radical (unpaired) electrons. The Kier molecular flexibility index (Phi) is 7.82. The first-order chi connectivity index (χ1) is 15.9. The Morgan fingerprint density at radius 1 is 0.818 bits per heavy atom. The van der Waals surface area contributed by atoms with Gasteiger partial charge in [0.1, 0.15) is 5.82 Å². The molecule has 170 valence electrons. The van der Waals surface area contributed by atoms with Crippen molar-refractivity contribution in [1.82, 2.24) is 9.55 Å². The van der Waals surface area contributed by atoms with Gasteiger partial charge in [-0.25, -0.2) is 4.98 Å². The lowest BCUT2D eigenvalue weighted by Gasteiger charge is -2.14. The van der Waals surface area contributed by atoms with Crippen molar-refractivity contribution in [1.29, 1.82) is 0 Å². The van der Waals surface area contributed by atoms with Crippen molar-refractivity contribution in [3.05, 3.63) is 91.1 Å². The molecule has 1 aromatic heterocycles. The first-order valence-corrected chi connectivity index (χ1v) is 12.0. The first-order valence-electron chi connectivity index (χ1n) is 10.5. The van der Waals surface area contributed by atoms with Gasteiger partial charge >= 0.3 is 0 Å². The minimum absolute atomic E-state index is 0.0541. The highest BCUT2D eigenvalue weighted by Gasteiger charge is 2.13. The van der Waals surface area contributed by atoms with Gasteiger partial charge in [0.25, 0.3) is 5.56 Å². The van der Waals surface area contributed by atoms with Crippen molar-refractivity contribution in [2.75, 3.05) is 6.61 Å². The zero-order chi connectivity index (χ0) is 23.4. The van der Waals surface area contributed by atoms with Crippen LogP contribution in [0.4, 0.5) is 0 Å². The Hall–Kier alpha value is -2.24. The van der Waals surface area contributed by atoms with Gasteiger partial charge in [0.2, 0.25) is 0 Å². The summed E-state index contributed by atoms with van der Waals surface area (Å²) in [7, 11) is 0. The molecule has 0 aliphatic heterocycles. The van der Waals surface area contributed by atoms with Crippen molar-refractivity contribution < 1.29 is 4.74 Å². The lowest BCUT2D eigenvalue weighted by molar-refractivity contribution is 0.304. The fourth-order valence-electron chi connectivity index (χ4n) is 3.58. The topological polar surface area (TPSA) is 44.1 Å². The normalized spacial score (nSPS) is 11.2. The zero-order valence-electron chi connectivity index (χ0n) is 17.5. The summed E-state index contributed by atoms with van der Waals surface area (Å²) in [6.45, 7) is 0.993. The van der Waals surface area contributed by atoms with Crippen LogP contribution in [-0.4, -0.2) is 16.2 Å². The third kappa shape index (κ3) is 5.64. The van der Waals surface area contributed by atoms with Gasteiger partial charge in [-0.05, 0) is 67.8 Å². The number of rotatable bonds is 8. The van der Waals surface area contributed by atoms with Gasteiger partial charge in [-0.3, -0.25) is 9.36 Å². The summed E-state index contributed by atoms with van der Waals surface area (Å²) in [5.41, 5.74) is 1.47.